The molecular formula is C9H14N4O4S2. The third-order valence-electron chi connectivity index (χ3n) is 2.88. The zero-order chi connectivity index (χ0) is 14.0. The fourth-order valence-electron chi connectivity index (χ4n) is 1.98. The number of nitrogen functional groups attached to an aromatic ring is 1. The monoisotopic (exact) mass is 306 g/mol. The van der Waals surface area contributed by atoms with E-state index in [0.29, 0.717) is 12.8 Å². The Kier molecular flexibility index (Phi) is 3.99. The number of carbonyl (C=O) groups is 1. The summed E-state index contributed by atoms with van der Waals surface area (Å²) in [7, 11) is -3.25. The van der Waals surface area contributed by atoms with Crippen LogP contribution in [0.15, 0.2) is 5.16 Å². The fourth-order valence-corrected chi connectivity index (χ4v) is 4.46. The van der Waals surface area contributed by atoms with Crippen molar-refractivity contribution in [2.75, 3.05) is 17.3 Å². The number of thioether (sulfide) groups is 1. The van der Waals surface area contributed by atoms with Crippen molar-refractivity contribution >= 4 is 27.6 Å². The molecule has 1 aliphatic heterocycles. The second-order valence-electron chi connectivity index (χ2n) is 4.24. The van der Waals surface area contributed by atoms with Gasteiger partial charge in [-0.15, -0.1) is 10.2 Å². The molecule has 1 aromatic heterocycles. The second-order valence-corrected chi connectivity index (χ2v) is 7.49. The number of carboxylic acids is 1. The van der Waals surface area contributed by atoms with Crippen LogP contribution in [0.4, 0.5) is 0 Å². The Labute approximate surface area is 114 Å². The van der Waals surface area contributed by atoms with E-state index in [-0.39, 0.29) is 22.5 Å². The normalized spacial score (nSPS) is 22.2. The van der Waals surface area contributed by atoms with Gasteiger partial charge in [0.1, 0.15) is 5.25 Å². The van der Waals surface area contributed by atoms with Crippen LogP contribution < -0.4 is 5.84 Å². The van der Waals surface area contributed by atoms with E-state index in [2.05, 4.69) is 10.2 Å². The van der Waals surface area contributed by atoms with Crippen LogP contribution in [0.2, 0.25) is 0 Å². The highest BCUT2D eigenvalue weighted by Crippen LogP contribution is 2.32. The van der Waals surface area contributed by atoms with Gasteiger partial charge in [-0.05, 0) is 12.8 Å². The van der Waals surface area contributed by atoms with Crippen molar-refractivity contribution < 1.29 is 18.3 Å². The Morgan fingerprint density at radius 1 is 1.47 bits per heavy atom. The smallest absolute Gasteiger partial charge is 0.313 e. The van der Waals surface area contributed by atoms with Gasteiger partial charge in [-0.2, -0.15) is 0 Å². The molecule has 0 aliphatic carbocycles. The van der Waals surface area contributed by atoms with Gasteiger partial charge in [0.15, 0.2) is 15.7 Å². The Morgan fingerprint density at radius 2 is 2.21 bits per heavy atom. The molecular weight excluding hydrogens is 292 g/mol. The molecule has 8 nitrogen and oxygen atoms in total. The summed E-state index contributed by atoms with van der Waals surface area (Å²) in [6, 6.07) is 0. The molecule has 2 heterocycles. The van der Waals surface area contributed by atoms with E-state index >= 15 is 0 Å². The van der Waals surface area contributed by atoms with E-state index in [1.54, 1.807) is 0 Å². The number of aromatic nitrogens is 3. The fraction of sp³-hybridized carbons (Fsp3) is 0.667. The Balaban J connectivity index is 2.23. The van der Waals surface area contributed by atoms with E-state index in [1.165, 1.54) is 0 Å². The zero-order valence-electron chi connectivity index (χ0n) is 10.0. The van der Waals surface area contributed by atoms with Gasteiger partial charge in [-0.3, -0.25) is 4.79 Å². The van der Waals surface area contributed by atoms with E-state index in [9.17, 15) is 13.2 Å². The van der Waals surface area contributed by atoms with Crippen LogP contribution in [0.5, 0.6) is 0 Å². The molecule has 1 saturated heterocycles. The van der Waals surface area contributed by atoms with E-state index in [0.717, 1.165) is 22.9 Å². The zero-order valence-corrected chi connectivity index (χ0v) is 11.7. The lowest BCUT2D eigenvalue weighted by Gasteiger charge is -2.20. The average molecular weight is 306 g/mol. The topological polar surface area (TPSA) is 128 Å². The number of sulfone groups is 1. The molecule has 0 radical (unpaired) electrons. The molecule has 2 rings (SSSR count). The van der Waals surface area contributed by atoms with Crippen molar-refractivity contribution in [2.45, 2.75) is 29.7 Å². The molecule has 0 saturated carbocycles. The molecule has 1 aromatic rings. The second kappa shape index (κ2) is 5.37. The van der Waals surface area contributed by atoms with Crippen molar-refractivity contribution in [1.82, 2.24) is 14.9 Å². The summed E-state index contributed by atoms with van der Waals surface area (Å²) in [6.45, 7) is 0. The molecule has 1 fully saturated rings. The minimum absolute atomic E-state index is 0.127. The van der Waals surface area contributed by atoms with Gasteiger partial charge < -0.3 is 10.9 Å². The standard InChI is InChI=1S/C9H14N4O4S2/c10-13-8(6-3-1-2-4-19(6,16)17)11-12-9(13)18-5-7(14)15/h6H,1-5,10H2,(H,14,15). The number of rotatable bonds is 4. The van der Waals surface area contributed by atoms with Gasteiger partial charge in [0, 0.05) is 0 Å². The molecule has 0 spiro atoms. The van der Waals surface area contributed by atoms with Crippen LogP contribution in [-0.2, 0) is 14.6 Å². The third-order valence-corrected chi connectivity index (χ3v) is 5.98. The number of nitrogens with zero attached hydrogens (tertiary/aromatic N) is 3. The first kappa shape index (κ1) is 14.1. The summed E-state index contributed by atoms with van der Waals surface area (Å²) in [5, 5.41) is 15.6. The molecule has 3 N–H and O–H groups in total. The minimum atomic E-state index is -3.25. The molecule has 0 aromatic carbocycles. The maximum atomic E-state index is 12.0. The summed E-state index contributed by atoms with van der Waals surface area (Å²) in [5.41, 5.74) is 0. The van der Waals surface area contributed by atoms with Crippen molar-refractivity contribution in [3.8, 4) is 0 Å². The quantitative estimate of drug-likeness (QED) is 0.578. The molecule has 1 unspecified atom stereocenters. The van der Waals surface area contributed by atoms with Crippen molar-refractivity contribution in [3.63, 3.8) is 0 Å². The molecule has 1 atom stereocenters. The minimum Gasteiger partial charge on any atom is -0.481 e. The highest BCUT2D eigenvalue weighted by Gasteiger charge is 2.34. The lowest BCUT2D eigenvalue weighted by Crippen LogP contribution is -2.27. The number of carboxylic acid groups (broad SMARTS) is 1. The van der Waals surface area contributed by atoms with Gasteiger partial charge in [0.05, 0.1) is 11.5 Å². The lowest BCUT2D eigenvalue weighted by molar-refractivity contribution is -0.133. The SMILES string of the molecule is Nn1c(SCC(=O)O)nnc1C1CCCCS1(=O)=O. The van der Waals surface area contributed by atoms with Crippen molar-refractivity contribution in [3.05, 3.63) is 5.82 Å². The van der Waals surface area contributed by atoms with Crippen LogP contribution >= 0.6 is 11.8 Å². The van der Waals surface area contributed by atoms with Crippen LogP contribution in [-0.4, -0.2) is 45.9 Å². The van der Waals surface area contributed by atoms with Crippen LogP contribution in [0.25, 0.3) is 0 Å². The predicted octanol–water partition coefficient (Wildman–Crippen LogP) is -0.192. The Hall–Kier alpha value is -1.29. The maximum Gasteiger partial charge on any atom is 0.313 e. The van der Waals surface area contributed by atoms with Crippen LogP contribution in [0, 0.1) is 0 Å². The molecule has 0 amide bonds. The maximum absolute atomic E-state index is 12.0. The van der Waals surface area contributed by atoms with Gasteiger partial charge in [0.25, 0.3) is 0 Å². The summed E-state index contributed by atoms with van der Waals surface area (Å²) in [6.07, 6.45) is 1.92. The predicted molar refractivity (Wildman–Crippen MR) is 68.9 cm³/mol. The number of hydrogen-bond donors (Lipinski definition) is 2. The van der Waals surface area contributed by atoms with Crippen molar-refractivity contribution in [2.24, 2.45) is 0 Å². The molecule has 19 heavy (non-hydrogen) atoms. The Morgan fingerprint density at radius 3 is 2.84 bits per heavy atom. The highest BCUT2D eigenvalue weighted by molar-refractivity contribution is 7.99. The van der Waals surface area contributed by atoms with Gasteiger partial charge in [-0.1, -0.05) is 18.2 Å². The third kappa shape index (κ3) is 3.00. The van der Waals surface area contributed by atoms with E-state index in [1.807, 2.05) is 0 Å². The first-order chi connectivity index (χ1) is 8.92. The van der Waals surface area contributed by atoms with Gasteiger partial charge >= 0.3 is 5.97 Å². The molecule has 1 aliphatic rings. The van der Waals surface area contributed by atoms with Crippen molar-refractivity contribution in [1.29, 1.82) is 0 Å². The van der Waals surface area contributed by atoms with Gasteiger partial charge in [-0.25, -0.2) is 13.1 Å². The summed E-state index contributed by atoms with van der Waals surface area (Å²) in [5.74, 6) is 4.87. The van der Waals surface area contributed by atoms with Crippen LogP contribution in [0.1, 0.15) is 30.3 Å². The summed E-state index contributed by atoms with van der Waals surface area (Å²) >= 11 is 0.910. The van der Waals surface area contributed by atoms with E-state index < -0.39 is 21.1 Å². The number of hydrogen-bond acceptors (Lipinski definition) is 7. The number of nitrogens with two attached hydrogens (primary N) is 1. The van der Waals surface area contributed by atoms with E-state index in [4.69, 9.17) is 10.9 Å². The first-order valence-electron chi connectivity index (χ1n) is 5.68. The first-order valence-corrected chi connectivity index (χ1v) is 8.38. The lowest BCUT2D eigenvalue weighted by atomic mass is 10.2. The van der Waals surface area contributed by atoms with Crippen LogP contribution in [0.3, 0.4) is 0 Å². The molecule has 0 bridgehead atoms. The number of aliphatic carboxylic acids is 1. The van der Waals surface area contributed by atoms with Gasteiger partial charge in [0.2, 0.25) is 5.16 Å². The molecule has 10 heteroatoms. The largest absolute Gasteiger partial charge is 0.481 e. The highest BCUT2D eigenvalue weighted by atomic mass is 32.2. The summed E-state index contributed by atoms with van der Waals surface area (Å²) < 4.78 is 25.0. The summed E-state index contributed by atoms with van der Waals surface area (Å²) in [4.78, 5) is 10.5. The molecule has 106 valence electrons. The average Bonchev–Trinajstić information content (AvgIpc) is 2.68. The Bertz CT molecular complexity index is 583.